The Bertz CT molecular complexity index is 357. The van der Waals surface area contributed by atoms with E-state index in [-0.39, 0.29) is 5.76 Å². The zero-order valence-corrected chi connectivity index (χ0v) is 9.36. The second-order valence-corrected chi connectivity index (χ2v) is 3.61. The third-order valence-corrected chi connectivity index (χ3v) is 1.80. The Morgan fingerprint density at radius 3 is 2.40 bits per heavy atom. The Labute approximate surface area is 93.9 Å². The highest BCUT2D eigenvalue weighted by atomic mass is 35.5. The predicted octanol–water partition coefficient (Wildman–Crippen LogP) is 2.32. The molecule has 15 heavy (non-hydrogen) atoms. The van der Waals surface area contributed by atoms with Crippen molar-refractivity contribution in [1.82, 2.24) is 4.90 Å². The van der Waals surface area contributed by atoms with Gasteiger partial charge in [-0.05, 0) is 24.3 Å². The van der Waals surface area contributed by atoms with Crippen molar-refractivity contribution in [3.05, 3.63) is 41.2 Å². The number of benzene rings is 1. The fourth-order valence-corrected chi connectivity index (χ4v) is 1.10. The molecule has 1 rings (SSSR count). The third-order valence-electron chi connectivity index (χ3n) is 1.55. The number of hydrogen-bond donors (Lipinski definition) is 0. The number of nitrogens with zero attached hydrogens (tertiary/aromatic N) is 1. The summed E-state index contributed by atoms with van der Waals surface area (Å²) in [7, 11) is 3.63. The lowest BCUT2D eigenvalue weighted by Crippen LogP contribution is -2.07. The van der Waals surface area contributed by atoms with Gasteiger partial charge in [0, 0.05) is 25.3 Å². The second-order valence-electron chi connectivity index (χ2n) is 3.17. The van der Waals surface area contributed by atoms with E-state index in [1.54, 1.807) is 35.4 Å². The van der Waals surface area contributed by atoms with Crippen molar-refractivity contribution in [2.45, 2.75) is 0 Å². The Hall–Kier alpha value is -1.48. The molecule has 0 aliphatic carbocycles. The van der Waals surface area contributed by atoms with E-state index in [0.717, 1.165) is 0 Å². The van der Waals surface area contributed by atoms with Gasteiger partial charge in [-0.25, -0.2) is 0 Å². The minimum Gasteiger partial charge on any atom is -0.452 e. The van der Waals surface area contributed by atoms with Crippen LogP contribution < -0.4 is 4.74 Å². The maximum Gasteiger partial charge on any atom is 0.186 e. The van der Waals surface area contributed by atoms with E-state index in [1.165, 1.54) is 0 Å². The van der Waals surface area contributed by atoms with E-state index in [0.29, 0.717) is 17.1 Å². The maximum atomic E-state index is 10.7. The largest absolute Gasteiger partial charge is 0.452 e. The van der Waals surface area contributed by atoms with Gasteiger partial charge in [-0.15, -0.1) is 0 Å². The van der Waals surface area contributed by atoms with Crippen LogP contribution >= 0.6 is 11.6 Å². The molecule has 1 aromatic carbocycles. The molecule has 0 unspecified atom stereocenters. The summed E-state index contributed by atoms with van der Waals surface area (Å²) in [5, 5.41) is 0.631. The normalized spacial score (nSPS) is 11.0. The molecule has 0 radical (unpaired) electrons. The molecule has 0 heterocycles. The molecule has 0 atom stereocenters. The van der Waals surface area contributed by atoms with Crippen LogP contribution in [-0.4, -0.2) is 25.3 Å². The van der Waals surface area contributed by atoms with Crippen molar-refractivity contribution < 1.29 is 9.53 Å². The van der Waals surface area contributed by atoms with Crippen LogP contribution in [0.2, 0.25) is 5.02 Å². The van der Waals surface area contributed by atoms with Crippen LogP contribution in [0.3, 0.4) is 0 Å². The van der Waals surface area contributed by atoms with Crippen molar-refractivity contribution in [1.29, 1.82) is 0 Å². The van der Waals surface area contributed by atoms with E-state index in [1.807, 2.05) is 14.1 Å². The van der Waals surface area contributed by atoms with Crippen molar-refractivity contribution in [3.8, 4) is 5.75 Å². The van der Waals surface area contributed by atoms with E-state index in [2.05, 4.69) is 0 Å². The van der Waals surface area contributed by atoms with Crippen molar-refractivity contribution in [2.24, 2.45) is 0 Å². The summed E-state index contributed by atoms with van der Waals surface area (Å²) in [4.78, 5) is 12.4. The van der Waals surface area contributed by atoms with E-state index < -0.39 is 0 Å². The predicted molar refractivity (Wildman–Crippen MR) is 59.9 cm³/mol. The van der Waals surface area contributed by atoms with Crippen LogP contribution in [-0.2, 0) is 4.79 Å². The zero-order valence-electron chi connectivity index (χ0n) is 8.61. The van der Waals surface area contributed by atoms with Gasteiger partial charge in [0.1, 0.15) is 5.75 Å². The Balaban J connectivity index is 2.75. The third kappa shape index (κ3) is 4.04. The summed E-state index contributed by atoms with van der Waals surface area (Å²) in [6.07, 6.45) is 2.26. The number of ether oxygens (including phenoxy) is 1. The van der Waals surface area contributed by atoms with Gasteiger partial charge in [0.25, 0.3) is 0 Å². The molecule has 0 aliphatic heterocycles. The number of hydrogen-bond acceptors (Lipinski definition) is 3. The number of rotatable bonds is 4. The van der Waals surface area contributed by atoms with Gasteiger partial charge in [-0.2, -0.15) is 0 Å². The second kappa shape index (κ2) is 5.41. The van der Waals surface area contributed by atoms with Crippen molar-refractivity contribution in [3.63, 3.8) is 0 Å². The molecule has 4 heteroatoms. The fraction of sp³-hybridized carbons (Fsp3) is 0.182. The highest BCUT2D eigenvalue weighted by Crippen LogP contribution is 2.17. The highest BCUT2D eigenvalue weighted by molar-refractivity contribution is 6.30. The molecular formula is C11H12ClNO2. The molecule has 80 valence electrons. The fourth-order valence-electron chi connectivity index (χ4n) is 0.974. The molecule has 0 saturated heterocycles. The quantitative estimate of drug-likeness (QED) is 0.448. The minimum atomic E-state index is 0.252. The van der Waals surface area contributed by atoms with Gasteiger partial charge in [0.05, 0.1) is 0 Å². The molecule has 0 fully saturated rings. The van der Waals surface area contributed by atoms with Gasteiger partial charge >= 0.3 is 0 Å². The van der Waals surface area contributed by atoms with Gasteiger partial charge in [0.15, 0.2) is 12.0 Å². The summed E-state index contributed by atoms with van der Waals surface area (Å²) in [5.74, 6) is 0.835. The van der Waals surface area contributed by atoms with Crippen LogP contribution in [0.5, 0.6) is 5.75 Å². The number of carbonyl (C=O) groups excluding carboxylic acids is 1. The average Bonchev–Trinajstić information content (AvgIpc) is 2.19. The molecule has 0 N–H and O–H groups in total. The van der Waals surface area contributed by atoms with E-state index in [9.17, 15) is 4.79 Å². The molecule has 0 spiro atoms. The van der Waals surface area contributed by atoms with Crippen molar-refractivity contribution >= 4 is 17.9 Å². The van der Waals surface area contributed by atoms with Crippen LogP contribution in [0, 0.1) is 0 Å². The molecule has 3 nitrogen and oxygen atoms in total. The maximum absolute atomic E-state index is 10.7. The lowest BCUT2D eigenvalue weighted by molar-refractivity contribution is -0.106. The van der Waals surface area contributed by atoms with Gasteiger partial charge in [-0.3, -0.25) is 4.79 Å². The molecule has 0 aliphatic rings. The molecule has 0 amide bonds. The lowest BCUT2D eigenvalue weighted by atomic mass is 10.3. The van der Waals surface area contributed by atoms with E-state index in [4.69, 9.17) is 16.3 Å². The Morgan fingerprint density at radius 1 is 1.33 bits per heavy atom. The monoisotopic (exact) mass is 225 g/mol. The lowest BCUT2D eigenvalue weighted by Gasteiger charge is -2.08. The van der Waals surface area contributed by atoms with E-state index >= 15 is 0 Å². The first-order valence-electron chi connectivity index (χ1n) is 4.38. The number of carbonyl (C=O) groups is 1. The zero-order chi connectivity index (χ0) is 11.3. The standard InChI is InChI=1S/C11H12ClNO2/c1-13(2)7-11(8-14)15-10-5-3-9(12)4-6-10/h3-8H,1-2H3. The van der Waals surface area contributed by atoms with Crippen LogP contribution in [0.25, 0.3) is 0 Å². The van der Waals surface area contributed by atoms with Crippen molar-refractivity contribution in [2.75, 3.05) is 14.1 Å². The number of aldehydes is 1. The Morgan fingerprint density at radius 2 is 1.93 bits per heavy atom. The summed E-state index contributed by atoms with van der Waals surface area (Å²) < 4.78 is 5.32. The van der Waals surface area contributed by atoms with Crippen LogP contribution in [0.1, 0.15) is 0 Å². The summed E-state index contributed by atoms with van der Waals surface area (Å²) in [6, 6.07) is 6.81. The van der Waals surface area contributed by atoms with Gasteiger partial charge in [-0.1, -0.05) is 11.6 Å². The minimum absolute atomic E-state index is 0.252. The van der Waals surface area contributed by atoms with Crippen LogP contribution in [0.15, 0.2) is 36.2 Å². The number of halogens is 1. The Kier molecular flexibility index (Phi) is 4.18. The smallest absolute Gasteiger partial charge is 0.186 e. The first kappa shape index (κ1) is 11.6. The molecule has 0 bridgehead atoms. The summed E-state index contributed by atoms with van der Waals surface area (Å²) in [5.41, 5.74) is 0. The summed E-state index contributed by atoms with van der Waals surface area (Å²) >= 11 is 5.72. The summed E-state index contributed by atoms with van der Waals surface area (Å²) in [6.45, 7) is 0. The van der Waals surface area contributed by atoms with Crippen LogP contribution in [0.4, 0.5) is 0 Å². The molecule has 1 aromatic rings. The topological polar surface area (TPSA) is 29.5 Å². The molecular weight excluding hydrogens is 214 g/mol. The first-order chi connectivity index (χ1) is 7.11. The highest BCUT2D eigenvalue weighted by Gasteiger charge is 1.99. The van der Waals surface area contributed by atoms with Gasteiger partial charge < -0.3 is 9.64 Å². The molecule has 0 saturated carbocycles. The SMILES string of the molecule is CN(C)C=C(C=O)Oc1ccc(Cl)cc1. The number of allylic oxidation sites excluding steroid dienone is 1. The first-order valence-corrected chi connectivity index (χ1v) is 4.76. The molecule has 0 aromatic heterocycles. The average molecular weight is 226 g/mol. The van der Waals surface area contributed by atoms with Gasteiger partial charge in [0.2, 0.25) is 0 Å².